The summed E-state index contributed by atoms with van der Waals surface area (Å²) in [7, 11) is 4.62. The van der Waals surface area contributed by atoms with Gasteiger partial charge in [-0.1, -0.05) is 6.07 Å². The van der Waals surface area contributed by atoms with E-state index in [0.717, 1.165) is 5.69 Å². The number of methoxy groups -OCH3 is 3. The number of ether oxygens (including phenoxy) is 3. The first kappa shape index (κ1) is 17.4. The van der Waals surface area contributed by atoms with Gasteiger partial charge in [-0.3, -0.25) is 9.78 Å². The highest BCUT2D eigenvalue weighted by molar-refractivity contribution is 5.81. The maximum atomic E-state index is 11.9. The van der Waals surface area contributed by atoms with Gasteiger partial charge in [-0.05, 0) is 12.1 Å². The van der Waals surface area contributed by atoms with Crippen molar-refractivity contribution in [3.63, 3.8) is 0 Å². The second kappa shape index (κ2) is 8.61. The van der Waals surface area contributed by atoms with E-state index >= 15 is 0 Å². The maximum Gasteiger partial charge on any atom is 0.239 e. The number of rotatable bonds is 8. The summed E-state index contributed by atoms with van der Waals surface area (Å²) in [6, 6.07) is 9.05. The zero-order valence-corrected chi connectivity index (χ0v) is 14.0. The molecule has 24 heavy (non-hydrogen) atoms. The van der Waals surface area contributed by atoms with Crippen molar-refractivity contribution in [3.8, 4) is 17.2 Å². The van der Waals surface area contributed by atoms with E-state index in [4.69, 9.17) is 14.2 Å². The number of carbonyl (C=O) groups excluding carboxylic acids is 1. The van der Waals surface area contributed by atoms with Gasteiger partial charge >= 0.3 is 0 Å². The Morgan fingerprint density at radius 1 is 1.08 bits per heavy atom. The number of nitrogens with zero attached hydrogens (tertiary/aromatic N) is 1. The number of nitrogens with one attached hydrogen (secondary N) is 2. The van der Waals surface area contributed by atoms with Crippen LogP contribution < -0.4 is 24.8 Å². The molecule has 0 aliphatic heterocycles. The van der Waals surface area contributed by atoms with Gasteiger partial charge in [0.05, 0.1) is 40.1 Å². The molecular formula is C17H21N3O4. The average Bonchev–Trinajstić information content (AvgIpc) is 2.64. The molecule has 0 spiro atoms. The average molecular weight is 331 g/mol. The minimum atomic E-state index is -0.144. The van der Waals surface area contributed by atoms with Crippen LogP contribution in [0.1, 0.15) is 5.69 Å². The Balaban J connectivity index is 1.94. The molecule has 2 rings (SSSR count). The molecule has 7 heteroatoms. The third kappa shape index (κ3) is 4.52. The summed E-state index contributed by atoms with van der Waals surface area (Å²) in [4.78, 5) is 16.1. The van der Waals surface area contributed by atoms with Crippen LogP contribution in [0.2, 0.25) is 0 Å². The lowest BCUT2D eigenvalue weighted by molar-refractivity contribution is -0.119. The minimum absolute atomic E-state index is 0.117. The van der Waals surface area contributed by atoms with Crippen LogP contribution >= 0.6 is 0 Å². The molecule has 0 saturated heterocycles. The predicted molar refractivity (Wildman–Crippen MR) is 90.7 cm³/mol. The maximum absolute atomic E-state index is 11.9. The van der Waals surface area contributed by atoms with Crippen molar-refractivity contribution in [2.75, 3.05) is 33.2 Å². The molecule has 128 valence electrons. The molecule has 0 aliphatic rings. The topological polar surface area (TPSA) is 81.7 Å². The summed E-state index contributed by atoms with van der Waals surface area (Å²) in [5.74, 6) is 1.40. The molecule has 7 nitrogen and oxygen atoms in total. The zero-order valence-electron chi connectivity index (χ0n) is 14.0. The van der Waals surface area contributed by atoms with Crippen LogP contribution in [-0.4, -0.2) is 38.8 Å². The SMILES string of the molecule is COc1cc(NCC(=O)NCc2ccccn2)cc(OC)c1OC. The first-order valence-electron chi connectivity index (χ1n) is 7.38. The summed E-state index contributed by atoms with van der Waals surface area (Å²) in [6.45, 7) is 0.502. The molecule has 2 aromatic rings. The highest BCUT2D eigenvalue weighted by Crippen LogP contribution is 2.39. The molecule has 0 atom stereocenters. The van der Waals surface area contributed by atoms with Gasteiger partial charge in [-0.2, -0.15) is 0 Å². The van der Waals surface area contributed by atoms with Crippen LogP contribution in [0.3, 0.4) is 0 Å². The molecule has 0 aliphatic carbocycles. The molecule has 1 aromatic carbocycles. The van der Waals surface area contributed by atoms with E-state index in [1.807, 2.05) is 18.2 Å². The predicted octanol–water partition coefficient (Wildman–Crippen LogP) is 1.84. The van der Waals surface area contributed by atoms with E-state index in [1.54, 1.807) is 39.7 Å². The lowest BCUT2D eigenvalue weighted by atomic mass is 10.2. The van der Waals surface area contributed by atoms with Gasteiger partial charge in [-0.25, -0.2) is 0 Å². The Labute approximate surface area is 140 Å². The van der Waals surface area contributed by atoms with Gasteiger partial charge in [0.1, 0.15) is 0 Å². The fraction of sp³-hybridized carbons (Fsp3) is 0.294. The first-order chi connectivity index (χ1) is 11.7. The molecular weight excluding hydrogens is 310 g/mol. The molecule has 0 radical (unpaired) electrons. The number of amides is 1. The molecule has 2 N–H and O–H groups in total. The lowest BCUT2D eigenvalue weighted by Crippen LogP contribution is -2.29. The van der Waals surface area contributed by atoms with Crippen molar-refractivity contribution in [2.24, 2.45) is 0 Å². The number of hydrogen-bond acceptors (Lipinski definition) is 6. The number of pyridine rings is 1. The van der Waals surface area contributed by atoms with Crippen LogP contribution in [0.15, 0.2) is 36.5 Å². The second-order valence-electron chi connectivity index (χ2n) is 4.87. The van der Waals surface area contributed by atoms with E-state index in [2.05, 4.69) is 15.6 Å². The zero-order chi connectivity index (χ0) is 17.4. The fourth-order valence-corrected chi connectivity index (χ4v) is 2.12. The number of aromatic nitrogens is 1. The van der Waals surface area contributed by atoms with Crippen molar-refractivity contribution < 1.29 is 19.0 Å². The number of anilines is 1. The highest BCUT2D eigenvalue weighted by atomic mass is 16.5. The normalized spacial score (nSPS) is 9.96. The van der Waals surface area contributed by atoms with Gasteiger partial charge < -0.3 is 24.8 Å². The summed E-state index contributed by atoms with van der Waals surface area (Å²) in [6.07, 6.45) is 1.69. The van der Waals surface area contributed by atoms with Crippen LogP contribution in [0, 0.1) is 0 Å². The monoisotopic (exact) mass is 331 g/mol. The van der Waals surface area contributed by atoms with Crippen LogP contribution in [0.25, 0.3) is 0 Å². The summed E-state index contributed by atoms with van der Waals surface area (Å²) < 4.78 is 15.8. The third-order valence-corrected chi connectivity index (χ3v) is 3.31. The molecule has 0 bridgehead atoms. The van der Waals surface area contributed by atoms with Crippen molar-refractivity contribution in [1.29, 1.82) is 0 Å². The first-order valence-corrected chi connectivity index (χ1v) is 7.38. The Morgan fingerprint density at radius 2 is 1.79 bits per heavy atom. The largest absolute Gasteiger partial charge is 0.493 e. The van der Waals surface area contributed by atoms with E-state index in [-0.39, 0.29) is 12.5 Å². The summed E-state index contributed by atoms with van der Waals surface area (Å²) >= 11 is 0. The van der Waals surface area contributed by atoms with E-state index in [1.165, 1.54) is 0 Å². The van der Waals surface area contributed by atoms with Crippen molar-refractivity contribution >= 4 is 11.6 Å². The third-order valence-electron chi connectivity index (χ3n) is 3.31. The van der Waals surface area contributed by atoms with Gasteiger partial charge in [0, 0.05) is 24.0 Å². The van der Waals surface area contributed by atoms with E-state index in [0.29, 0.717) is 29.5 Å². The Morgan fingerprint density at radius 3 is 2.33 bits per heavy atom. The molecule has 1 aromatic heterocycles. The van der Waals surface area contributed by atoms with E-state index < -0.39 is 0 Å². The van der Waals surface area contributed by atoms with Crippen LogP contribution in [0.5, 0.6) is 17.2 Å². The summed E-state index contributed by atoms with van der Waals surface area (Å²) in [5, 5.41) is 5.83. The smallest absolute Gasteiger partial charge is 0.239 e. The Kier molecular flexibility index (Phi) is 6.24. The van der Waals surface area contributed by atoms with Gasteiger partial charge in [-0.15, -0.1) is 0 Å². The second-order valence-corrected chi connectivity index (χ2v) is 4.87. The van der Waals surface area contributed by atoms with Gasteiger partial charge in [0.2, 0.25) is 11.7 Å². The van der Waals surface area contributed by atoms with Crippen LogP contribution in [0.4, 0.5) is 5.69 Å². The van der Waals surface area contributed by atoms with Crippen molar-refractivity contribution in [3.05, 3.63) is 42.2 Å². The Bertz CT molecular complexity index is 652. The van der Waals surface area contributed by atoms with Crippen molar-refractivity contribution in [1.82, 2.24) is 10.3 Å². The number of hydrogen-bond donors (Lipinski definition) is 2. The minimum Gasteiger partial charge on any atom is -0.493 e. The van der Waals surface area contributed by atoms with Crippen molar-refractivity contribution in [2.45, 2.75) is 6.54 Å². The highest BCUT2D eigenvalue weighted by Gasteiger charge is 2.13. The van der Waals surface area contributed by atoms with Gasteiger partial charge in [0.25, 0.3) is 0 Å². The standard InChI is InChI=1S/C17H21N3O4/c1-22-14-8-13(9-15(23-2)17(14)24-3)19-11-16(21)20-10-12-6-4-5-7-18-12/h4-9,19H,10-11H2,1-3H3,(H,20,21). The Hall–Kier alpha value is -2.96. The van der Waals surface area contributed by atoms with Crippen LogP contribution in [-0.2, 0) is 11.3 Å². The molecule has 1 amide bonds. The molecule has 1 heterocycles. The molecule has 0 fully saturated rings. The molecule has 0 unspecified atom stereocenters. The quantitative estimate of drug-likeness (QED) is 0.768. The van der Waals surface area contributed by atoms with Gasteiger partial charge in [0.15, 0.2) is 11.5 Å². The fourth-order valence-electron chi connectivity index (χ4n) is 2.12. The van der Waals surface area contributed by atoms with E-state index in [9.17, 15) is 4.79 Å². The number of carbonyl (C=O) groups is 1. The lowest BCUT2D eigenvalue weighted by Gasteiger charge is -2.15. The molecule has 0 saturated carbocycles. The summed E-state index contributed by atoms with van der Waals surface area (Å²) in [5.41, 5.74) is 1.50. The number of benzene rings is 1.